The van der Waals surface area contributed by atoms with Gasteiger partial charge < -0.3 is 10.2 Å². The van der Waals surface area contributed by atoms with E-state index in [4.69, 9.17) is 0 Å². The van der Waals surface area contributed by atoms with Crippen LogP contribution in [-0.2, 0) is 4.79 Å². The van der Waals surface area contributed by atoms with Gasteiger partial charge in [0.15, 0.2) is 0 Å². The third-order valence-corrected chi connectivity index (χ3v) is 3.54. The van der Waals surface area contributed by atoms with Gasteiger partial charge >= 0.3 is 0 Å². The predicted molar refractivity (Wildman–Crippen MR) is 68.0 cm³/mol. The van der Waals surface area contributed by atoms with Crippen LogP contribution in [0.2, 0.25) is 0 Å². The fourth-order valence-electron chi connectivity index (χ4n) is 2.51. The van der Waals surface area contributed by atoms with Gasteiger partial charge in [0, 0.05) is 19.1 Å². The van der Waals surface area contributed by atoms with Gasteiger partial charge in [-0.05, 0) is 33.2 Å². The highest BCUT2D eigenvalue weighted by Gasteiger charge is 2.30. The standard InChI is InChI=1S/C12H21N5O/c1-10(17-9-14-8-15-17)12(18)16-6-4-3-5-11(16)7-13-2/h8-11,13H,3-7H2,1-2H3. The second kappa shape index (κ2) is 5.95. The minimum atomic E-state index is -0.273. The number of rotatable bonds is 4. The molecule has 6 nitrogen and oxygen atoms in total. The molecule has 0 radical (unpaired) electrons. The van der Waals surface area contributed by atoms with Crippen LogP contribution in [0.3, 0.4) is 0 Å². The lowest BCUT2D eigenvalue weighted by Gasteiger charge is -2.37. The van der Waals surface area contributed by atoms with Crippen LogP contribution < -0.4 is 5.32 Å². The van der Waals surface area contributed by atoms with E-state index in [9.17, 15) is 4.79 Å². The molecular weight excluding hydrogens is 230 g/mol. The number of aromatic nitrogens is 3. The number of likely N-dealkylation sites (N-methyl/N-ethyl adjacent to an activating group) is 1. The summed E-state index contributed by atoms with van der Waals surface area (Å²) in [5, 5.41) is 7.21. The maximum atomic E-state index is 12.5. The smallest absolute Gasteiger partial charge is 0.247 e. The van der Waals surface area contributed by atoms with Crippen molar-refractivity contribution in [2.45, 2.75) is 38.3 Å². The number of carbonyl (C=O) groups excluding carboxylic acids is 1. The summed E-state index contributed by atoms with van der Waals surface area (Å²) in [4.78, 5) is 18.4. The Hall–Kier alpha value is -1.43. The van der Waals surface area contributed by atoms with E-state index in [2.05, 4.69) is 15.4 Å². The maximum Gasteiger partial charge on any atom is 0.247 e. The molecule has 2 unspecified atom stereocenters. The van der Waals surface area contributed by atoms with E-state index in [0.717, 1.165) is 25.9 Å². The molecule has 1 aromatic rings. The Labute approximate surface area is 107 Å². The lowest BCUT2D eigenvalue weighted by atomic mass is 10.0. The second-order valence-corrected chi connectivity index (χ2v) is 4.79. The lowest BCUT2D eigenvalue weighted by Crippen LogP contribution is -2.50. The van der Waals surface area contributed by atoms with Crippen molar-refractivity contribution >= 4 is 5.91 Å². The molecule has 1 aliphatic rings. The van der Waals surface area contributed by atoms with Gasteiger partial charge in [0.1, 0.15) is 18.7 Å². The zero-order valence-corrected chi connectivity index (χ0v) is 11.0. The summed E-state index contributed by atoms with van der Waals surface area (Å²) in [6.07, 6.45) is 6.44. The van der Waals surface area contributed by atoms with Crippen molar-refractivity contribution in [3.8, 4) is 0 Å². The SMILES string of the molecule is CNCC1CCCCN1C(=O)C(C)n1cncn1. The van der Waals surface area contributed by atoms with Crippen molar-refractivity contribution in [1.29, 1.82) is 0 Å². The quantitative estimate of drug-likeness (QED) is 0.843. The first-order valence-corrected chi connectivity index (χ1v) is 6.53. The maximum absolute atomic E-state index is 12.5. The van der Waals surface area contributed by atoms with E-state index < -0.39 is 0 Å². The summed E-state index contributed by atoms with van der Waals surface area (Å²) >= 11 is 0. The van der Waals surface area contributed by atoms with Crippen LogP contribution in [-0.4, -0.2) is 51.8 Å². The Kier molecular flexibility index (Phi) is 4.30. The Morgan fingerprint density at radius 2 is 2.39 bits per heavy atom. The van der Waals surface area contributed by atoms with Crippen LogP contribution in [0.5, 0.6) is 0 Å². The lowest BCUT2D eigenvalue weighted by molar-refractivity contribution is -0.138. The Bertz CT molecular complexity index is 376. The average molecular weight is 251 g/mol. The van der Waals surface area contributed by atoms with Gasteiger partial charge in [-0.25, -0.2) is 9.67 Å². The van der Waals surface area contributed by atoms with E-state index >= 15 is 0 Å². The molecule has 1 N–H and O–H groups in total. The molecule has 2 heterocycles. The molecule has 18 heavy (non-hydrogen) atoms. The highest BCUT2D eigenvalue weighted by Crippen LogP contribution is 2.20. The van der Waals surface area contributed by atoms with E-state index in [1.54, 1.807) is 11.0 Å². The van der Waals surface area contributed by atoms with Crippen molar-refractivity contribution in [2.75, 3.05) is 20.1 Å². The molecular formula is C12H21N5O. The second-order valence-electron chi connectivity index (χ2n) is 4.79. The summed E-state index contributed by atoms with van der Waals surface area (Å²) < 4.78 is 1.62. The first kappa shape index (κ1) is 13.0. The molecule has 1 saturated heterocycles. The van der Waals surface area contributed by atoms with Crippen molar-refractivity contribution in [2.24, 2.45) is 0 Å². The van der Waals surface area contributed by atoms with E-state index in [-0.39, 0.29) is 11.9 Å². The van der Waals surface area contributed by atoms with Crippen LogP contribution in [0.15, 0.2) is 12.7 Å². The molecule has 0 spiro atoms. The third-order valence-electron chi connectivity index (χ3n) is 3.54. The monoisotopic (exact) mass is 251 g/mol. The van der Waals surface area contributed by atoms with Gasteiger partial charge in [-0.15, -0.1) is 0 Å². The number of amides is 1. The average Bonchev–Trinajstić information content (AvgIpc) is 2.92. The zero-order valence-electron chi connectivity index (χ0n) is 11.0. The molecule has 0 bridgehead atoms. The van der Waals surface area contributed by atoms with Crippen molar-refractivity contribution < 1.29 is 4.79 Å². The predicted octanol–water partition coefficient (Wildman–Crippen LogP) is 0.440. The first-order chi connectivity index (χ1) is 8.74. The van der Waals surface area contributed by atoms with Gasteiger partial charge in [0.05, 0.1) is 0 Å². The normalized spacial score (nSPS) is 21.9. The minimum absolute atomic E-state index is 0.139. The number of likely N-dealkylation sites (tertiary alicyclic amines) is 1. The molecule has 0 aromatic carbocycles. The molecule has 1 amide bonds. The van der Waals surface area contributed by atoms with Gasteiger partial charge in [0.25, 0.3) is 0 Å². The summed E-state index contributed by atoms with van der Waals surface area (Å²) in [5.41, 5.74) is 0. The van der Waals surface area contributed by atoms with Gasteiger partial charge in [-0.2, -0.15) is 5.10 Å². The van der Waals surface area contributed by atoms with Crippen LogP contribution in [0.25, 0.3) is 0 Å². The molecule has 0 saturated carbocycles. The van der Waals surface area contributed by atoms with Crippen molar-refractivity contribution in [3.63, 3.8) is 0 Å². The number of nitrogens with zero attached hydrogens (tertiary/aromatic N) is 4. The largest absolute Gasteiger partial charge is 0.337 e. The van der Waals surface area contributed by atoms with Gasteiger partial charge in [0.2, 0.25) is 5.91 Å². The minimum Gasteiger partial charge on any atom is -0.337 e. The molecule has 1 aromatic heterocycles. The van der Waals surface area contributed by atoms with Crippen LogP contribution in [0.1, 0.15) is 32.2 Å². The topological polar surface area (TPSA) is 63.1 Å². The summed E-state index contributed by atoms with van der Waals surface area (Å²) in [6, 6.07) is 0.0344. The third kappa shape index (κ3) is 2.69. The fourth-order valence-corrected chi connectivity index (χ4v) is 2.51. The molecule has 2 rings (SSSR count). The van der Waals surface area contributed by atoms with Crippen LogP contribution >= 0.6 is 0 Å². The first-order valence-electron chi connectivity index (χ1n) is 6.53. The molecule has 0 aliphatic carbocycles. The molecule has 100 valence electrons. The van der Waals surface area contributed by atoms with E-state index in [1.165, 1.54) is 12.7 Å². The number of carbonyl (C=O) groups is 1. The summed E-state index contributed by atoms with van der Waals surface area (Å²) in [6.45, 7) is 3.59. The van der Waals surface area contributed by atoms with Crippen LogP contribution in [0.4, 0.5) is 0 Å². The zero-order chi connectivity index (χ0) is 13.0. The molecule has 2 atom stereocenters. The van der Waals surface area contributed by atoms with E-state index in [0.29, 0.717) is 6.04 Å². The number of piperidine rings is 1. The number of nitrogens with one attached hydrogen (secondary N) is 1. The summed E-state index contributed by atoms with van der Waals surface area (Å²) in [5.74, 6) is 0.139. The highest BCUT2D eigenvalue weighted by molar-refractivity contribution is 5.80. The van der Waals surface area contributed by atoms with Gasteiger partial charge in [-0.1, -0.05) is 0 Å². The van der Waals surface area contributed by atoms with Crippen LogP contribution in [0, 0.1) is 0 Å². The Morgan fingerprint density at radius 3 is 3.06 bits per heavy atom. The Balaban J connectivity index is 2.06. The van der Waals surface area contributed by atoms with E-state index in [1.807, 2.05) is 18.9 Å². The summed E-state index contributed by atoms with van der Waals surface area (Å²) in [7, 11) is 1.93. The molecule has 1 fully saturated rings. The number of hydrogen-bond acceptors (Lipinski definition) is 4. The van der Waals surface area contributed by atoms with Crippen molar-refractivity contribution in [3.05, 3.63) is 12.7 Å². The highest BCUT2D eigenvalue weighted by atomic mass is 16.2. The number of hydrogen-bond donors (Lipinski definition) is 1. The van der Waals surface area contributed by atoms with Crippen molar-refractivity contribution in [1.82, 2.24) is 25.0 Å². The Morgan fingerprint density at radius 1 is 1.56 bits per heavy atom. The fraction of sp³-hybridized carbons (Fsp3) is 0.750. The van der Waals surface area contributed by atoms with Gasteiger partial charge in [-0.3, -0.25) is 4.79 Å². The molecule has 1 aliphatic heterocycles. The molecule has 6 heteroatoms.